The molecule has 0 aromatic rings. The second-order valence-corrected chi connectivity index (χ2v) is 12.8. The molecule has 36 heavy (non-hydrogen) atoms. The number of carbonyl (C=O) groups excluding carboxylic acids is 1. The van der Waals surface area contributed by atoms with Crippen LogP contribution < -0.4 is 0 Å². The van der Waals surface area contributed by atoms with Gasteiger partial charge in [0.25, 0.3) is 0 Å². The van der Waals surface area contributed by atoms with Crippen LogP contribution in [0.1, 0.15) is 92.4 Å². The van der Waals surface area contributed by atoms with Crippen LogP contribution in [0.3, 0.4) is 0 Å². The van der Waals surface area contributed by atoms with Gasteiger partial charge in [-0.1, -0.05) is 33.8 Å². The molecule has 10 atom stereocenters. The maximum absolute atomic E-state index is 13.5. The summed E-state index contributed by atoms with van der Waals surface area (Å²) >= 11 is 0. The minimum atomic E-state index is -1.08. The number of aliphatic hydroxyl groups is 5. The van der Waals surface area contributed by atoms with E-state index in [1.807, 2.05) is 13.8 Å². The van der Waals surface area contributed by atoms with Crippen LogP contribution in [-0.4, -0.2) is 74.0 Å². The van der Waals surface area contributed by atoms with Crippen LogP contribution in [0.4, 0.5) is 0 Å². The number of Topliss-reactive ketones (excluding diaryl/α,β-unsaturated/α-hetero) is 1. The zero-order valence-electron chi connectivity index (χ0n) is 22.9. The van der Waals surface area contributed by atoms with E-state index < -0.39 is 23.9 Å². The molecule has 1 aliphatic heterocycles. The zero-order chi connectivity index (χ0) is 26.8. The van der Waals surface area contributed by atoms with Crippen molar-refractivity contribution >= 4 is 5.78 Å². The van der Waals surface area contributed by atoms with Crippen LogP contribution in [0.15, 0.2) is 11.6 Å². The monoisotopic (exact) mass is 510 g/mol. The SMILES string of the molecule is CC(C)/C(=C\CO)[C@@H](O)C[C@@H](C)[C@H]1CC[C@H]2C(=O)CC[C@H](O)C[C@@H](O)CC[C@@](C)(O)[C@@H]3O[C@H]3C[C@]12C. The maximum Gasteiger partial charge on any atom is 0.136 e. The van der Waals surface area contributed by atoms with E-state index in [0.717, 1.165) is 18.4 Å². The Bertz CT molecular complexity index is 778. The Morgan fingerprint density at radius 2 is 1.78 bits per heavy atom. The van der Waals surface area contributed by atoms with Gasteiger partial charge in [0.05, 0.1) is 36.6 Å². The lowest BCUT2D eigenvalue weighted by Crippen LogP contribution is -2.40. The van der Waals surface area contributed by atoms with E-state index in [4.69, 9.17) is 4.74 Å². The summed E-state index contributed by atoms with van der Waals surface area (Å²) < 4.78 is 6.01. The minimum Gasteiger partial charge on any atom is -0.393 e. The molecule has 7 nitrogen and oxygen atoms in total. The quantitative estimate of drug-likeness (QED) is 0.274. The Morgan fingerprint density at radius 1 is 1.11 bits per heavy atom. The summed E-state index contributed by atoms with van der Waals surface area (Å²) in [4.78, 5) is 13.5. The fraction of sp³-hybridized carbons (Fsp3) is 0.897. The van der Waals surface area contributed by atoms with Crippen molar-refractivity contribution in [2.75, 3.05) is 6.61 Å². The molecule has 0 radical (unpaired) electrons. The van der Waals surface area contributed by atoms with Crippen LogP contribution in [0, 0.1) is 29.1 Å². The van der Waals surface area contributed by atoms with Crippen LogP contribution in [-0.2, 0) is 9.53 Å². The van der Waals surface area contributed by atoms with E-state index in [1.54, 1.807) is 13.0 Å². The Labute approximate surface area is 216 Å². The Balaban J connectivity index is 1.83. The van der Waals surface area contributed by atoms with Gasteiger partial charge in [-0.15, -0.1) is 0 Å². The molecule has 1 saturated heterocycles. The zero-order valence-corrected chi connectivity index (χ0v) is 22.9. The summed E-state index contributed by atoms with van der Waals surface area (Å²) in [6, 6.07) is 0. The fourth-order valence-electron chi connectivity index (χ4n) is 7.45. The van der Waals surface area contributed by atoms with Crippen LogP contribution >= 0.6 is 0 Å². The van der Waals surface area contributed by atoms with Crippen molar-refractivity contribution in [1.82, 2.24) is 0 Å². The van der Waals surface area contributed by atoms with Gasteiger partial charge in [0.15, 0.2) is 0 Å². The first-order chi connectivity index (χ1) is 16.8. The summed E-state index contributed by atoms with van der Waals surface area (Å²) in [6.07, 6.45) is 3.64. The Hall–Kier alpha value is -0.830. The average molecular weight is 511 g/mol. The molecule has 0 spiro atoms. The lowest BCUT2D eigenvalue weighted by atomic mass is 9.63. The second-order valence-electron chi connectivity index (χ2n) is 12.8. The van der Waals surface area contributed by atoms with Crippen molar-refractivity contribution in [3.63, 3.8) is 0 Å². The van der Waals surface area contributed by atoms with Crippen LogP contribution in [0.2, 0.25) is 0 Å². The molecule has 0 aromatic carbocycles. The van der Waals surface area contributed by atoms with E-state index in [2.05, 4.69) is 13.8 Å². The van der Waals surface area contributed by atoms with E-state index in [0.29, 0.717) is 38.5 Å². The molecule has 7 heteroatoms. The first kappa shape index (κ1) is 29.7. The van der Waals surface area contributed by atoms with E-state index in [-0.39, 0.29) is 60.1 Å². The number of ether oxygens (including phenoxy) is 1. The summed E-state index contributed by atoms with van der Waals surface area (Å²) in [7, 11) is 0. The second kappa shape index (κ2) is 11.9. The number of aliphatic hydroxyl groups excluding tert-OH is 4. The molecule has 208 valence electrons. The third-order valence-corrected chi connectivity index (χ3v) is 9.55. The first-order valence-electron chi connectivity index (χ1n) is 14.1. The molecule has 3 fully saturated rings. The molecule has 0 bridgehead atoms. The molecular formula is C29H50O7. The molecular weight excluding hydrogens is 460 g/mol. The smallest absolute Gasteiger partial charge is 0.136 e. The first-order valence-corrected chi connectivity index (χ1v) is 14.1. The van der Waals surface area contributed by atoms with Gasteiger partial charge in [0, 0.05) is 12.3 Å². The van der Waals surface area contributed by atoms with E-state index in [1.165, 1.54) is 0 Å². The number of ketones is 1. The predicted molar refractivity (Wildman–Crippen MR) is 138 cm³/mol. The molecule has 3 rings (SSSR count). The molecule has 0 unspecified atom stereocenters. The van der Waals surface area contributed by atoms with Crippen molar-refractivity contribution in [2.45, 2.75) is 129 Å². The van der Waals surface area contributed by atoms with Gasteiger partial charge in [0.2, 0.25) is 0 Å². The van der Waals surface area contributed by atoms with Gasteiger partial charge in [0.1, 0.15) is 11.9 Å². The lowest BCUT2D eigenvalue weighted by Gasteiger charge is -2.40. The van der Waals surface area contributed by atoms with Gasteiger partial charge >= 0.3 is 0 Å². The number of rotatable bonds is 6. The van der Waals surface area contributed by atoms with Crippen LogP contribution in [0.5, 0.6) is 0 Å². The van der Waals surface area contributed by atoms with Crippen LogP contribution in [0.25, 0.3) is 0 Å². The molecule has 1 heterocycles. The number of fused-ring (bicyclic) bond motifs is 2. The molecule has 2 aliphatic carbocycles. The van der Waals surface area contributed by atoms with Crippen molar-refractivity contribution in [1.29, 1.82) is 0 Å². The van der Waals surface area contributed by atoms with Crippen molar-refractivity contribution in [3.05, 3.63) is 11.6 Å². The van der Waals surface area contributed by atoms with Gasteiger partial charge in [-0.3, -0.25) is 4.79 Å². The predicted octanol–water partition coefficient (Wildman–Crippen LogP) is 3.14. The van der Waals surface area contributed by atoms with Crippen molar-refractivity contribution < 1.29 is 35.1 Å². The third-order valence-electron chi connectivity index (χ3n) is 9.55. The van der Waals surface area contributed by atoms with E-state index in [9.17, 15) is 30.3 Å². The topological polar surface area (TPSA) is 131 Å². The molecule has 0 aromatic heterocycles. The maximum atomic E-state index is 13.5. The standard InChI is InChI=1S/C29H50O7/c1-17(2)21(11-13-30)25(34)14-18(3)22-7-8-23-24(33)9-6-19(31)15-20(32)10-12-29(5,35)27-26(36-27)16-28(22,23)4/h11,17-20,22-23,25-27,30-32,34-35H,6-10,12-16H2,1-5H3/b21-11+/t18-,19+,20+,22-,23+,25+,26+,27-,28-,29-/m1/s1. The van der Waals surface area contributed by atoms with Gasteiger partial charge in [-0.05, 0) is 87.0 Å². The Morgan fingerprint density at radius 3 is 2.42 bits per heavy atom. The molecule has 0 amide bonds. The highest BCUT2D eigenvalue weighted by Gasteiger charge is 2.58. The summed E-state index contributed by atoms with van der Waals surface area (Å²) in [6.45, 7) is 10.0. The third kappa shape index (κ3) is 6.78. The summed E-state index contributed by atoms with van der Waals surface area (Å²) in [5, 5.41) is 52.3. The number of carbonyl (C=O) groups is 1. The highest BCUT2D eigenvalue weighted by atomic mass is 16.6. The number of hydrogen-bond donors (Lipinski definition) is 5. The van der Waals surface area contributed by atoms with Gasteiger partial charge in [-0.25, -0.2) is 0 Å². The van der Waals surface area contributed by atoms with E-state index >= 15 is 0 Å². The summed E-state index contributed by atoms with van der Waals surface area (Å²) in [5.41, 5.74) is -0.559. The highest BCUT2D eigenvalue weighted by molar-refractivity contribution is 5.82. The molecule has 5 N–H and O–H groups in total. The summed E-state index contributed by atoms with van der Waals surface area (Å²) in [5.74, 6) is 0.494. The lowest BCUT2D eigenvalue weighted by molar-refractivity contribution is -0.127. The average Bonchev–Trinajstić information content (AvgIpc) is 3.47. The normalized spacial score (nSPS) is 42.4. The Kier molecular flexibility index (Phi) is 9.84. The van der Waals surface area contributed by atoms with Crippen molar-refractivity contribution in [3.8, 4) is 0 Å². The largest absolute Gasteiger partial charge is 0.393 e. The van der Waals surface area contributed by atoms with Crippen molar-refractivity contribution in [2.24, 2.45) is 29.1 Å². The van der Waals surface area contributed by atoms with Gasteiger partial charge < -0.3 is 30.3 Å². The van der Waals surface area contributed by atoms with Gasteiger partial charge in [-0.2, -0.15) is 0 Å². The fourth-order valence-corrected chi connectivity index (χ4v) is 7.45. The molecule has 3 aliphatic rings. The number of hydrogen-bond acceptors (Lipinski definition) is 7. The highest BCUT2D eigenvalue weighted by Crippen LogP contribution is 2.58. The molecule has 2 saturated carbocycles. The minimum absolute atomic E-state index is 0.0973. The number of epoxide rings is 1.